The molecule has 2 heterocycles. The first-order valence-corrected chi connectivity index (χ1v) is 10.6. The molecule has 2 aliphatic heterocycles. The van der Waals surface area contributed by atoms with Crippen LogP contribution in [-0.2, 0) is 22.4 Å². The van der Waals surface area contributed by atoms with E-state index < -0.39 is 5.66 Å². The lowest BCUT2D eigenvalue weighted by molar-refractivity contribution is -0.127. The molecule has 0 bridgehead atoms. The molecule has 0 spiro atoms. The van der Waals surface area contributed by atoms with Crippen LogP contribution in [0.5, 0.6) is 0 Å². The van der Waals surface area contributed by atoms with Crippen LogP contribution in [0, 0.1) is 5.92 Å². The summed E-state index contributed by atoms with van der Waals surface area (Å²) in [4.78, 5) is 26.8. The van der Waals surface area contributed by atoms with E-state index in [4.69, 9.17) is 0 Å². The first-order valence-electron chi connectivity index (χ1n) is 10.6. The Morgan fingerprint density at radius 1 is 1.29 bits per heavy atom. The van der Waals surface area contributed by atoms with E-state index in [1.807, 2.05) is 18.2 Å². The fourth-order valence-corrected chi connectivity index (χ4v) is 5.15. The van der Waals surface area contributed by atoms with Crippen LogP contribution < -0.4 is 10.6 Å². The molecule has 0 unspecified atom stereocenters. The average Bonchev–Trinajstić information content (AvgIpc) is 3.27. The summed E-state index contributed by atoms with van der Waals surface area (Å²) in [6, 6.07) is 5.79. The van der Waals surface area contributed by atoms with Crippen LogP contribution in [0.3, 0.4) is 0 Å². The first-order chi connectivity index (χ1) is 13.4. The summed E-state index contributed by atoms with van der Waals surface area (Å²) in [5.74, 6) is 0.419. The highest BCUT2D eigenvalue weighted by molar-refractivity contribution is 5.99. The van der Waals surface area contributed by atoms with Crippen molar-refractivity contribution in [2.75, 3.05) is 18.4 Å². The predicted octanol–water partition coefficient (Wildman–Crippen LogP) is 2.20. The van der Waals surface area contributed by atoms with Gasteiger partial charge in [0.05, 0.1) is 24.6 Å². The molecular formula is C22H31N3O3. The molecule has 1 aromatic carbocycles. The molecule has 28 heavy (non-hydrogen) atoms. The van der Waals surface area contributed by atoms with Crippen LogP contribution in [0.25, 0.3) is 0 Å². The Labute approximate surface area is 166 Å². The number of carbonyl (C=O) groups excluding carboxylic acids is 2. The van der Waals surface area contributed by atoms with Crippen LogP contribution in [0.15, 0.2) is 18.2 Å². The van der Waals surface area contributed by atoms with Gasteiger partial charge >= 0.3 is 0 Å². The summed E-state index contributed by atoms with van der Waals surface area (Å²) < 4.78 is 0. The molecule has 2 atom stereocenters. The van der Waals surface area contributed by atoms with Crippen LogP contribution >= 0.6 is 0 Å². The number of hydrogen-bond acceptors (Lipinski definition) is 4. The minimum Gasteiger partial charge on any atom is -0.392 e. The molecule has 2 fully saturated rings. The van der Waals surface area contributed by atoms with E-state index in [1.54, 1.807) is 0 Å². The summed E-state index contributed by atoms with van der Waals surface area (Å²) in [6.07, 6.45) is 7.09. The van der Waals surface area contributed by atoms with Crippen LogP contribution in [0.1, 0.15) is 56.6 Å². The Balaban J connectivity index is 1.47. The number of hydrogen-bond donors (Lipinski definition) is 3. The molecule has 1 aliphatic carbocycles. The smallest absolute Gasteiger partial charge is 0.228 e. The number of nitrogens with zero attached hydrogens (tertiary/aromatic N) is 1. The summed E-state index contributed by atoms with van der Waals surface area (Å²) in [5, 5.41) is 16.2. The number of anilines is 1. The van der Waals surface area contributed by atoms with Gasteiger partial charge in [-0.1, -0.05) is 31.4 Å². The van der Waals surface area contributed by atoms with Gasteiger partial charge in [-0.15, -0.1) is 0 Å². The fourth-order valence-electron chi connectivity index (χ4n) is 5.15. The summed E-state index contributed by atoms with van der Waals surface area (Å²) in [6.45, 7) is 3.58. The predicted molar refractivity (Wildman–Crippen MR) is 108 cm³/mol. The largest absolute Gasteiger partial charge is 0.392 e. The third kappa shape index (κ3) is 3.94. The highest BCUT2D eigenvalue weighted by Gasteiger charge is 2.43. The molecule has 1 aromatic rings. The zero-order chi connectivity index (χ0) is 19.7. The molecule has 4 rings (SSSR count). The van der Waals surface area contributed by atoms with Crippen molar-refractivity contribution in [1.29, 1.82) is 0 Å². The van der Waals surface area contributed by atoms with Crippen molar-refractivity contribution in [3.63, 3.8) is 0 Å². The van der Waals surface area contributed by atoms with Gasteiger partial charge in [-0.25, -0.2) is 0 Å². The molecule has 6 heteroatoms. The summed E-state index contributed by atoms with van der Waals surface area (Å²) in [5.41, 5.74) is 2.31. The van der Waals surface area contributed by atoms with Crippen molar-refractivity contribution < 1.29 is 14.7 Å². The monoisotopic (exact) mass is 385 g/mol. The number of amides is 2. The van der Waals surface area contributed by atoms with Crippen LogP contribution in [0.2, 0.25) is 0 Å². The number of nitrogens with one attached hydrogen (secondary N) is 2. The van der Waals surface area contributed by atoms with Gasteiger partial charge in [-0.3, -0.25) is 14.5 Å². The van der Waals surface area contributed by atoms with Crippen molar-refractivity contribution in [2.45, 2.75) is 70.1 Å². The standard InChI is InChI=1S/C22H31N3O3/c1-22(17-5-3-2-4-6-17,25-10-9-18(26)14-25)24-21(28)12-15-7-8-16-13-20(27)23-19(16)11-15/h7-8,11,17-18,26H,2-6,9-10,12-14H2,1H3,(H,23,27)(H,24,28)/t18-,22-/m0/s1. The van der Waals surface area contributed by atoms with Crippen molar-refractivity contribution >= 4 is 17.5 Å². The Hall–Kier alpha value is -1.92. The fraction of sp³-hybridized carbons (Fsp3) is 0.636. The van der Waals surface area contributed by atoms with Gasteiger partial charge in [-0.2, -0.15) is 0 Å². The molecule has 1 saturated carbocycles. The molecule has 6 nitrogen and oxygen atoms in total. The zero-order valence-corrected chi connectivity index (χ0v) is 16.7. The quantitative estimate of drug-likeness (QED) is 0.726. The SMILES string of the molecule is C[C@@](NC(=O)Cc1ccc2c(c1)NC(=O)C2)(C1CCCCC1)N1CC[C@H](O)C1. The summed E-state index contributed by atoms with van der Waals surface area (Å²) in [7, 11) is 0. The second-order valence-electron chi connectivity index (χ2n) is 8.81. The highest BCUT2D eigenvalue weighted by Crippen LogP contribution is 2.36. The Kier molecular flexibility index (Phi) is 5.43. The Bertz CT molecular complexity index is 753. The second kappa shape index (κ2) is 7.84. The first kappa shape index (κ1) is 19.4. The molecule has 2 amide bonds. The van der Waals surface area contributed by atoms with Gasteiger partial charge in [0, 0.05) is 18.8 Å². The van der Waals surface area contributed by atoms with E-state index in [0.717, 1.165) is 42.6 Å². The van der Waals surface area contributed by atoms with E-state index in [1.165, 1.54) is 19.3 Å². The molecule has 0 aromatic heterocycles. The normalized spacial score (nSPS) is 25.2. The molecule has 0 radical (unpaired) electrons. The maximum Gasteiger partial charge on any atom is 0.228 e. The van der Waals surface area contributed by atoms with Gasteiger partial charge in [0.2, 0.25) is 11.8 Å². The molecule has 3 aliphatic rings. The van der Waals surface area contributed by atoms with Gasteiger partial charge < -0.3 is 15.7 Å². The molecular weight excluding hydrogens is 354 g/mol. The number of aliphatic hydroxyl groups excluding tert-OH is 1. The number of likely N-dealkylation sites (tertiary alicyclic amines) is 1. The van der Waals surface area contributed by atoms with E-state index in [0.29, 0.717) is 25.3 Å². The van der Waals surface area contributed by atoms with E-state index >= 15 is 0 Å². The lowest BCUT2D eigenvalue weighted by Gasteiger charge is -2.47. The number of rotatable bonds is 5. The Morgan fingerprint density at radius 2 is 2.07 bits per heavy atom. The van der Waals surface area contributed by atoms with Crippen molar-refractivity contribution in [3.05, 3.63) is 29.3 Å². The third-order valence-electron chi connectivity index (χ3n) is 6.78. The molecule has 152 valence electrons. The second-order valence-corrected chi connectivity index (χ2v) is 8.81. The van der Waals surface area contributed by atoms with E-state index in [9.17, 15) is 14.7 Å². The number of benzene rings is 1. The lowest BCUT2D eigenvalue weighted by atomic mass is 9.79. The van der Waals surface area contributed by atoms with Crippen LogP contribution in [0.4, 0.5) is 5.69 Å². The van der Waals surface area contributed by atoms with Gasteiger partial charge in [0.25, 0.3) is 0 Å². The van der Waals surface area contributed by atoms with E-state index in [-0.39, 0.29) is 17.9 Å². The summed E-state index contributed by atoms with van der Waals surface area (Å²) >= 11 is 0. The van der Waals surface area contributed by atoms with Crippen molar-refractivity contribution in [1.82, 2.24) is 10.2 Å². The third-order valence-corrected chi connectivity index (χ3v) is 6.78. The number of β-amino-alcohol motifs (C(OH)–C–C–N with tert-alkyl or cyclic N) is 1. The lowest BCUT2D eigenvalue weighted by Crippen LogP contribution is -2.63. The van der Waals surface area contributed by atoms with Gasteiger partial charge in [-0.05, 0) is 49.3 Å². The average molecular weight is 386 g/mol. The topological polar surface area (TPSA) is 81.7 Å². The van der Waals surface area contributed by atoms with Gasteiger partial charge in [0.15, 0.2) is 0 Å². The minimum atomic E-state index is -0.417. The maximum atomic E-state index is 13.0. The molecule has 3 N–H and O–H groups in total. The highest BCUT2D eigenvalue weighted by atomic mass is 16.3. The Morgan fingerprint density at radius 3 is 2.79 bits per heavy atom. The van der Waals surface area contributed by atoms with E-state index in [2.05, 4.69) is 22.5 Å². The minimum absolute atomic E-state index is 0.00117. The number of fused-ring (bicyclic) bond motifs is 1. The number of aliphatic hydroxyl groups is 1. The van der Waals surface area contributed by atoms with Gasteiger partial charge in [0.1, 0.15) is 0 Å². The van der Waals surface area contributed by atoms with Crippen LogP contribution in [-0.4, -0.2) is 46.7 Å². The zero-order valence-electron chi connectivity index (χ0n) is 16.7. The van der Waals surface area contributed by atoms with Crippen molar-refractivity contribution in [3.8, 4) is 0 Å². The molecule has 1 saturated heterocycles. The number of carbonyl (C=O) groups is 2. The van der Waals surface area contributed by atoms with Crippen molar-refractivity contribution in [2.24, 2.45) is 5.92 Å². The maximum absolute atomic E-state index is 13.0.